The summed E-state index contributed by atoms with van der Waals surface area (Å²) in [5.74, 6) is -0.0915. The lowest BCUT2D eigenvalue weighted by atomic mass is 10.1. The molecule has 0 aliphatic carbocycles. The third-order valence-electron chi connectivity index (χ3n) is 4.54. The van der Waals surface area contributed by atoms with E-state index in [1.54, 1.807) is 24.3 Å². The monoisotopic (exact) mass is 351 g/mol. The average molecular weight is 351 g/mol. The highest BCUT2D eigenvalue weighted by atomic mass is 16.2. The number of rotatable bonds is 4. The summed E-state index contributed by atoms with van der Waals surface area (Å²) in [6, 6.07) is 14.9. The van der Waals surface area contributed by atoms with Crippen molar-refractivity contribution in [2.75, 3.05) is 23.3 Å². The molecule has 0 unspecified atom stereocenters. The van der Waals surface area contributed by atoms with Crippen LogP contribution < -0.4 is 15.5 Å². The number of nitrogens with zero attached hydrogens (tertiary/aromatic N) is 1. The molecule has 1 heterocycles. The van der Waals surface area contributed by atoms with E-state index in [0.29, 0.717) is 24.3 Å². The minimum absolute atomic E-state index is 0.0915. The van der Waals surface area contributed by atoms with Gasteiger partial charge in [0.2, 0.25) is 0 Å². The molecule has 136 valence electrons. The summed E-state index contributed by atoms with van der Waals surface area (Å²) in [5, 5.41) is 5.79. The normalized spacial score (nSPS) is 13.5. The molecule has 1 aliphatic heterocycles. The van der Waals surface area contributed by atoms with Crippen LogP contribution in [0.1, 0.15) is 42.1 Å². The molecule has 0 saturated carbocycles. The Balaban J connectivity index is 1.69. The number of anilines is 2. The molecular formula is C21H25N3O2. The number of para-hydroxylation sites is 1. The van der Waals surface area contributed by atoms with Crippen LogP contribution in [0.5, 0.6) is 0 Å². The van der Waals surface area contributed by atoms with Crippen LogP contribution >= 0.6 is 0 Å². The lowest BCUT2D eigenvalue weighted by Crippen LogP contribution is -2.35. The summed E-state index contributed by atoms with van der Waals surface area (Å²) in [7, 11) is 0. The molecule has 0 spiro atoms. The first kappa shape index (κ1) is 18.0. The maximum atomic E-state index is 12.8. The van der Waals surface area contributed by atoms with Crippen LogP contribution in [0, 0.1) is 0 Å². The predicted octanol–water partition coefficient (Wildman–Crippen LogP) is 4.20. The molecule has 26 heavy (non-hydrogen) atoms. The van der Waals surface area contributed by atoms with Crippen molar-refractivity contribution in [3.63, 3.8) is 0 Å². The van der Waals surface area contributed by atoms with Crippen LogP contribution in [0.3, 0.4) is 0 Å². The third-order valence-corrected chi connectivity index (χ3v) is 4.54. The van der Waals surface area contributed by atoms with Crippen LogP contribution in [-0.4, -0.2) is 25.0 Å². The summed E-state index contributed by atoms with van der Waals surface area (Å²) in [6.45, 7) is 3.38. The van der Waals surface area contributed by atoms with E-state index in [0.717, 1.165) is 31.4 Å². The van der Waals surface area contributed by atoms with Crippen molar-refractivity contribution < 1.29 is 9.59 Å². The minimum Gasteiger partial charge on any atom is -0.352 e. The van der Waals surface area contributed by atoms with Gasteiger partial charge in [-0.05, 0) is 61.6 Å². The molecule has 0 fully saturated rings. The van der Waals surface area contributed by atoms with Gasteiger partial charge < -0.3 is 10.6 Å². The highest BCUT2D eigenvalue weighted by molar-refractivity contribution is 6.02. The summed E-state index contributed by atoms with van der Waals surface area (Å²) < 4.78 is 0. The van der Waals surface area contributed by atoms with Crippen molar-refractivity contribution in [2.45, 2.75) is 32.6 Å². The lowest BCUT2D eigenvalue weighted by Gasteiger charge is -2.23. The number of urea groups is 1. The van der Waals surface area contributed by atoms with E-state index in [-0.39, 0.29) is 11.9 Å². The maximum absolute atomic E-state index is 12.8. The molecule has 0 atom stereocenters. The van der Waals surface area contributed by atoms with Crippen LogP contribution in [0.2, 0.25) is 0 Å². The van der Waals surface area contributed by atoms with E-state index in [1.807, 2.05) is 30.0 Å². The maximum Gasteiger partial charge on any atom is 0.326 e. The van der Waals surface area contributed by atoms with E-state index in [9.17, 15) is 9.59 Å². The van der Waals surface area contributed by atoms with Gasteiger partial charge in [0.1, 0.15) is 0 Å². The first-order chi connectivity index (χ1) is 12.7. The van der Waals surface area contributed by atoms with Gasteiger partial charge in [0.25, 0.3) is 5.91 Å². The molecule has 1 aliphatic rings. The van der Waals surface area contributed by atoms with Gasteiger partial charge in [-0.3, -0.25) is 9.69 Å². The second-order valence-corrected chi connectivity index (χ2v) is 6.50. The number of carbonyl (C=O) groups excluding carboxylic acids is 2. The number of carbonyl (C=O) groups is 2. The molecule has 3 rings (SSSR count). The van der Waals surface area contributed by atoms with Gasteiger partial charge in [0, 0.05) is 30.0 Å². The van der Waals surface area contributed by atoms with Crippen molar-refractivity contribution in [3.05, 3.63) is 59.7 Å². The van der Waals surface area contributed by atoms with E-state index in [4.69, 9.17) is 0 Å². The quantitative estimate of drug-likeness (QED) is 0.867. The SMILES string of the molecule is CCCNC(=O)c1ccc(NC(=O)N2CCCCc3ccccc32)cc1. The molecule has 2 N–H and O–H groups in total. The Labute approximate surface area is 154 Å². The number of hydrogen-bond acceptors (Lipinski definition) is 2. The van der Waals surface area contributed by atoms with Gasteiger partial charge in [0.05, 0.1) is 0 Å². The fraction of sp³-hybridized carbons (Fsp3) is 0.333. The molecule has 0 radical (unpaired) electrons. The van der Waals surface area contributed by atoms with Crippen molar-refractivity contribution in [3.8, 4) is 0 Å². The molecule has 0 bridgehead atoms. The topological polar surface area (TPSA) is 61.4 Å². The molecule has 3 amide bonds. The zero-order valence-electron chi connectivity index (χ0n) is 15.1. The number of hydrogen-bond donors (Lipinski definition) is 2. The van der Waals surface area contributed by atoms with Gasteiger partial charge >= 0.3 is 6.03 Å². The van der Waals surface area contributed by atoms with Crippen molar-refractivity contribution >= 4 is 23.3 Å². The standard InChI is InChI=1S/C21H25N3O2/c1-2-14-22-20(25)17-10-12-18(13-11-17)23-21(26)24-15-6-5-8-16-7-3-4-9-19(16)24/h3-4,7,9-13H,2,5-6,8,14-15H2,1H3,(H,22,25)(H,23,26). The van der Waals surface area contributed by atoms with E-state index < -0.39 is 0 Å². The van der Waals surface area contributed by atoms with Crippen LogP contribution in [0.25, 0.3) is 0 Å². The second kappa shape index (κ2) is 8.52. The fourth-order valence-electron chi connectivity index (χ4n) is 3.14. The van der Waals surface area contributed by atoms with Crippen LogP contribution in [0.4, 0.5) is 16.2 Å². The summed E-state index contributed by atoms with van der Waals surface area (Å²) >= 11 is 0. The van der Waals surface area contributed by atoms with Crippen LogP contribution in [-0.2, 0) is 6.42 Å². The lowest BCUT2D eigenvalue weighted by molar-refractivity contribution is 0.0953. The highest BCUT2D eigenvalue weighted by Crippen LogP contribution is 2.26. The molecule has 5 heteroatoms. The molecule has 2 aromatic carbocycles. The van der Waals surface area contributed by atoms with E-state index in [1.165, 1.54) is 5.56 Å². The Morgan fingerprint density at radius 2 is 1.81 bits per heavy atom. The summed E-state index contributed by atoms with van der Waals surface area (Å²) in [4.78, 5) is 26.5. The number of amides is 3. The van der Waals surface area contributed by atoms with Gasteiger partial charge in [-0.25, -0.2) is 4.79 Å². The van der Waals surface area contributed by atoms with E-state index in [2.05, 4.69) is 16.7 Å². The number of fused-ring (bicyclic) bond motifs is 1. The Morgan fingerprint density at radius 1 is 1.04 bits per heavy atom. The van der Waals surface area contributed by atoms with Gasteiger partial charge in [0.15, 0.2) is 0 Å². The Morgan fingerprint density at radius 3 is 2.58 bits per heavy atom. The molecule has 2 aromatic rings. The zero-order valence-corrected chi connectivity index (χ0v) is 15.1. The van der Waals surface area contributed by atoms with Crippen molar-refractivity contribution in [1.29, 1.82) is 0 Å². The molecular weight excluding hydrogens is 326 g/mol. The van der Waals surface area contributed by atoms with E-state index >= 15 is 0 Å². The summed E-state index contributed by atoms with van der Waals surface area (Å²) in [6.07, 6.45) is 3.97. The van der Waals surface area contributed by atoms with Gasteiger partial charge in [-0.15, -0.1) is 0 Å². The number of aryl methyl sites for hydroxylation is 1. The fourth-order valence-corrected chi connectivity index (χ4v) is 3.14. The van der Waals surface area contributed by atoms with Crippen molar-refractivity contribution in [1.82, 2.24) is 5.32 Å². The number of nitrogens with one attached hydrogen (secondary N) is 2. The van der Waals surface area contributed by atoms with Crippen LogP contribution in [0.15, 0.2) is 48.5 Å². The molecule has 0 aromatic heterocycles. The van der Waals surface area contributed by atoms with Gasteiger partial charge in [-0.2, -0.15) is 0 Å². The third kappa shape index (κ3) is 4.23. The zero-order chi connectivity index (χ0) is 18.4. The largest absolute Gasteiger partial charge is 0.352 e. The average Bonchev–Trinajstić information content (AvgIpc) is 2.89. The Bertz CT molecular complexity index is 771. The highest BCUT2D eigenvalue weighted by Gasteiger charge is 2.20. The molecule has 0 saturated heterocycles. The predicted molar refractivity (Wildman–Crippen MR) is 105 cm³/mol. The molecule has 5 nitrogen and oxygen atoms in total. The Hall–Kier alpha value is -2.82. The Kier molecular flexibility index (Phi) is 5.89. The number of benzene rings is 2. The first-order valence-corrected chi connectivity index (χ1v) is 9.23. The first-order valence-electron chi connectivity index (χ1n) is 9.23. The second-order valence-electron chi connectivity index (χ2n) is 6.50. The van der Waals surface area contributed by atoms with Gasteiger partial charge in [-0.1, -0.05) is 25.1 Å². The minimum atomic E-state index is -0.137. The smallest absolute Gasteiger partial charge is 0.326 e. The van der Waals surface area contributed by atoms with Crippen molar-refractivity contribution in [2.24, 2.45) is 0 Å². The summed E-state index contributed by atoms with van der Waals surface area (Å²) in [5.41, 5.74) is 3.47.